The summed E-state index contributed by atoms with van der Waals surface area (Å²) in [6.07, 6.45) is -1.86. The van der Waals surface area contributed by atoms with Gasteiger partial charge in [-0.15, -0.1) is 0 Å². The number of esters is 1. The average molecular weight is 328 g/mol. The second-order valence-corrected chi connectivity index (χ2v) is 5.35. The minimum atomic E-state index is -1.39. The van der Waals surface area contributed by atoms with Crippen LogP contribution in [0.5, 0.6) is 0 Å². The van der Waals surface area contributed by atoms with E-state index < -0.39 is 41.8 Å². The van der Waals surface area contributed by atoms with E-state index in [-0.39, 0.29) is 13.0 Å². The zero-order chi connectivity index (χ0) is 17.0. The molecule has 23 heavy (non-hydrogen) atoms. The number of hydrogen-bond acceptors (Lipinski definition) is 7. The second kappa shape index (κ2) is 7.53. The Bertz CT molecular complexity index is 653. The van der Waals surface area contributed by atoms with E-state index in [1.54, 1.807) is 0 Å². The molecular weight excluding hydrogens is 308 g/mol. The lowest BCUT2D eigenvalue weighted by atomic mass is 10.1. The number of ether oxygens (including phenoxy) is 2. The molecule has 1 saturated heterocycles. The number of aromatic nitrogens is 2. The molecular formula is C14H20N2O7. The quantitative estimate of drug-likeness (QED) is 0.564. The molecule has 3 N–H and O–H groups in total. The maximum absolute atomic E-state index is 11.7. The topological polar surface area (TPSA) is 131 Å². The summed E-state index contributed by atoms with van der Waals surface area (Å²) in [5, 5.41) is 20.0. The fraction of sp³-hybridized carbons (Fsp3) is 0.643. The Morgan fingerprint density at radius 3 is 2.78 bits per heavy atom. The van der Waals surface area contributed by atoms with Crippen molar-refractivity contribution in [2.45, 2.75) is 50.7 Å². The van der Waals surface area contributed by atoms with Gasteiger partial charge in [-0.05, 0) is 6.42 Å². The number of nitrogens with zero attached hydrogens (tertiary/aromatic N) is 1. The normalized spacial score (nSPS) is 27.1. The van der Waals surface area contributed by atoms with Gasteiger partial charge in [0.1, 0.15) is 24.9 Å². The Morgan fingerprint density at radius 1 is 1.39 bits per heavy atom. The number of hydrogen-bond donors (Lipinski definition) is 3. The first-order valence-electron chi connectivity index (χ1n) is 7.42. The number of rotatable bonds is 6. The zero-order valence-corrected chi connectivity index (χ0v) is 12.7. The van der Waals surface area contributed by atoms with Crippen LogP contribution in [0.4, 0.5) is 0 Å². The van der Waals surface area contributed by atoms with E-state index in [1.165, 1.54) is 0 Å². The monoisotopic (exact) mass is 328 g/mol. The van der Waals surface area contributed by atoms with Gasteiger partial charge in [0.15, 0.2) is 6.23 Å². The smallest absolute Gasteiger partial charge is 0.330 e. The van der Waals surface area contributed by atoms with Crippen LogP contribution in [0.1, 0.15) is 32.4 Å². The molecule has 0 unspecified atom stereocenters. The molecule has 2 heterocycles. The molecule has 1 aliphatic heterocycles. The highest BCUT2D eigenvalue weighted by molar-refractivity contribution is 5.69. The Kier molecular flexibility index (Phi) is 5.69. The summed E-state index contributed by atoms with van der Waals surface area (Å²) in [6, 6.07) is 1.10. The van der Waals surface area contributed by atoms with Gasteiger partial charge in [0.05, 0.1) is 0 Å². The van der Waals surface area contributed by atoms with Gasteiger partial charge in [-0.2, -0.15) is 0 Å². The van der Waals surface area contributed by atoms with Gasteiger partial charge in [-0.1, -0.05) is 13.3 Å². The third kappa shape index (κ3) is 4.06. The molecule has 9 heteroatoms. The number of H-pyrrole nitrogens is 1. The molecule has 1 aromatic heterocycles. The van der Waals surface area contributed by atoms with Gasteiger partial charge in [0, 0.05) is 18.7 Å². The summed E-state index contributed by atoms with van der Waals surface area (Å²) in [7, 11) is 0. The minimum absolute atomic E-state index is 0.227. The molecule has 4 atom stereocenters. The fourth-order valence-electron chi connectivity index (χ4n) is 2.29. The van der Waals surface area contributed by atoms with E-state index in [0.717, 1.165) is 23.3 Å². The van der Waals surface area contributed by atoms with Crippen LogP contribution in [0.25, 0.3) is 0 Å². The van der Waals surface area contributed by atoms with Crippen molar-refractivity contribution < 1.29 is 24.5 Å². The molecule has 1 fully saturated rings. The first-order chi connectivity index (χ1) is 10.9. The number of aromatic amines is 1. The first kappa shape index (κ1) is 17.4. The second-order valence-electron chi connectivity index (χ2n) is 5.35. The van der Waals surface area contributed by atoms with Gasteiger partial charge in [-0.3, -0.25) is 19.1 Å². The molecule has 0 aromatic carbocycles. The molecule has 1 aliphatic rings. The minimum Gasteiger partial charge on any atom is -0.463 e. The number of aliphatic hydroxyl groups excluding tert-OH is 2. The molecule has 2 rings (SSSR count). The first-order valence-corrected chi connectivity index (χ1v) is 7.42. The van der Waals surface area contributed by atoms with Crippen LogP contribution in [-0.4, -0.2) is 50.7 Å². The third-order valence-corrected chi connectivity index (χ3v) is 3.61. The number of carbonyl (C=O) groups excluding carboxylic acids is 1. The van der Waals surface area contributed by atoms with Crippen molar-refractivity contribution >= 4 is 5.97 Å². The maximum atomic E-state index is 11.7. The summed E-state index contributed by atoms with van der Waals surface area (Å²) < 4.78 is 11.4. The molecule has 0 aliphatic carbocycles. The standard InChI is InChI=1S/C14H20N2O7/c1-2-3-4-10(18)22-7-8-11(19)12(20)13(23-8)16-6-5-9(17)15-14(16)21/h5-6,8,11-13,19-20H,2-4,7H2,1H3,(H,15,17,21)/t8-,11-,12-,13-/m1/s1. The molecule has 9 nitrogen and oxygen atoms in total. The highest BCUT2D eigenvalue weighted by Crippen LogP contribution is 2.28. The van der Waals surface area contributed by atoms with E-state index >= 15 is 0 Å². The molecule has 0 spiro atoms. The zero-order valence-electron chi connectivity index (χ0n) is 12.7. The third-order valence-electron chi connectivity index (χ3n) is 3.61. The van der Waals surface area contributed by atoms with Crippen LogP contribution in [-0.2, 0) is 14.3 Å². The van der Waals surface area contributed by atoms with E-state index in [0.29, 0.717) is 6.42 Å². The number of nitrogens with one attached hydrogen (secondary N) is 1. The van der Waals surface area contributed by atoms with Gasteiger partial charge in [0.25, 0.3) is 5.56 Å². The number of unbranched alkanes of at least 4 members (excludes halogenated alkanes) is 1. The lowest BCUT2D eigenvalue weighted by Gasteiger charge is -2.16. The van der Waals surface area contributed by atoms with E-state index in [4.69, 9.17) is 9.47 Å². The number of aliphatic hydroxyl groups is 2. The van der Waals surface area contributed by atoms with Crippen molar-refractivity contribution in [3.8, 4) is 0 Å². The van der Waals surface area contributed by atoms with Crippen molar-refractivity contribution in [2.24, 2.45) is 0 Å². The van der Waals surface area contributed by atoms with Crippen molar-refractivity contribution in [2.75, 3.05) is 6.61 Å². The molecule has 0 bridgehead atoms. The van der Waals surface area contributed by atoms with Crippen molar-refractivity contribution in [3.63, 3.8) is 0 Å². The molecule has 0 amide bonds. The van der Waals surface area contributed by atoms with E-state index in [1.807, 2.05) is 11.9 Å². The van der Waals surface area contributed by atoms with Crippen LogP contribution in [0, 0.1) is 0 Å². The summed E-state index contributed by atoms with van der Waals surface area (Å²) >= 11 is 0. The molecule has 0 radical (unpaired) electrons. The van der Waals surface area contributed by atoms with Crippen LogP contribution in [0.15, 0.2) is 21.9 Å². The Morgan fingerprint density at radius 2 is 2.13 bits per heavy atom. The van der Waals surface area contributed by atoms with Crippen molar-refractivity contribution in [1.82, 2.24) is 9.55 Å². The summed E-state index contributed by atoms with van der Waals surface area (Å²) in [5.74, 6) is -0.415. The van der Waals surface area contributed by atoms with E-state index in [9.17, 15) is 24.6 Å². The molecule has 1 aromatic rings. The Balaban J connectivity index is 2.02. The molecule has 128 valence electrons. The predicted octanol–water partition coefficient (Wildman–Crippen LogP) is -1.11. The lowest BCUT2D eigenvalue weighted by Crippen LogP contribution is -2.37. The van der Waals surface area contributed by atoms with Crippen molar-refractivity contribution in [1.29, 1.82) is 0 Å². The SMILES string of the molecule is CCCCC(=O)OC[C@H]1O[C@@H](n2ccc(=O)[nH]c2=O)[C@H](O)[C@@H]1O. The average Bonchev–Trinajstić information content (AvgIpc) is 2.79. The van der Waals surface area contributed by atoms with Crippen LogP contribution >= 0.6 is 0 Å². The summed E-state index contributed by atoms with van der Waals surface area (Å²) in [5.41, 5.74) is -1.35. The Labute approximate surface area is 131 Å². The largest absolute Gasteiger partial charge is 0.463 e. The highest BCUT2D eigenvalue weighted by Gasteiger charge is 2.44. The Hall–Kier alpha value is -1.97. The molecule has 0 saturated carbocycles. The van der Waals surface area contributed by atoms with Crippen LogP contribution < -0.4 is 11.2 Å². The van der Waals surface area contributed by atoms with Crippen LogP contribution in [0.2, 0.25) is 0 Å². The van der Waals surface area contributed by atoms with Crippen LogP contribution in [0.3, 0.4) is 0 Å². The van der Waals surface area contributed by atoms with E-state index in [2.05, 4.69) is 0 Å². The van der Waals surface area contributed by atoms with Gasteiger partial charge >= 0.3 is 11.7 Å². The lowest BCUT2D eigenvalue weighted by molar-refractivity contribution is -0.150. The predicted molar refractivity (Wildman–Crippen MR) is 77.7 cm³/mol. The van der Waals surface area contributed by atoms with Gasteiger partial charge in [0.2, 0.25) is 0 Å². The van der Waals surface area contributed by atoms with Gasteiger partial charge < -0.3 is 19.7 Å². The summed E-state index contributed by atoms with van der Waals surface area (Å²) in [4.78, 5) is 36.3. The fourth-order valence-corrected chi connectivity index (χ4v) is 2.29. The number of carbonyl (C=O) groups is 1. The highest BCUT2D eigenvalue weighted by atomic mass is 16.6. The van der Waals surface area contributed by atoms with Crippen molar-refractivity contribution in [3.05, 3.63) is 33.1 Å². The summed E-state index contributed by atoms with van der Waals surface area (Å²) in [6.45, 7) is 1.72. The maximum Gasteiger partial charge on any atom is 0.330 e. The van der Waals surface area contributed by atoms with Gasteiger partial charge in [-0.25, -0.2) is 4.79 Å².